The van der Waals surface area contributed by atoms with Crippen molar-refractivity contribution in [2.75, 3.05) is 0 Å². The highest BCUT2D eigenvalue weighted by molar-refractivity contribution is 7.12. The monoisotopic (exact) mass is 255 g/mol. The van der Waals surface area contributed by atoms with Crippen LogP contribution in [0.25, 0.3) is 22.2 Å². The molecule has 0 aliphatic heterocycles. The lowest BCUT2D eigenvalue weighted by Gasteiger charge is -1.97. The Bertz CT molecular complexity index is 736. The Morgan fingerprint density at radius 1 is 1.22 bits per heavy atom. The van der Waals surface area contributed by atoms with E-state index in [4.69, 9.17) is 0 Å². The van der Waals surface area contributed by atoms with Gasteiger partial charge in [0.1, 0.15) is 0 Å². The van der Waals surface area contributed by atoms with Crippen molar-refractivity contribution in [3.63, 3.8) is 0 Å². The minimum absolute atomic E-state index is 0.756. The number of aromatic nitrogens is 1. The number of aryl methyl sites for hydroxylation is 2. The van der Waals surface area contributed by atoms with Gasteiger partial charge in [0.05, 0.1) is 5.69 Å². The van der Waals surface area contributed by atoms with Crippen LogP contribution in [-0.4, -0.2) is 11.3 Å². The first-order valence-electron chi connectivity index (χ1n) is 5.84. The van der Waals surface area contributed by atoms with E-state index in [1.165, 1.54) is 9.75 Å². The van der Waals surface area contributed by atoms with E-state index in [-0.39, 0.29) is 0 Å². The lowest BCUT2D eigenvalue weighted by Crippen LogP contribution is -1.84. The third-order valence-corrected chi connectivity index (χ3v) is 4.14. The lowest BCUT2D eigenvalue weighted by molar-refractivity contribution is 0.112. The molecule has 0 bridgehead atoms. The van der Waals surface area contributed by atoms with Crippen LogP contribution in [0.1, 0.15) is 20.1 Å². The quantitative estimate of drug-likeness (QED) is 0.679. The highest BCUT2D eigenvalue weighted by Gasteiger charge is 2.15. The Morgan fingerprint density at radius 2 is 2.00 bits per heavy atom. The first-order chi connectivity index (χ1) is 8.70. The summed E-state index contributed by atoms with van der Waals surface area (Å²) < 4.78 is 0. The van der Waals surface area contributed by atoms with Crippen LogP contribution in [0.15, 0.2) is 30.3 Å². The zero-order valence-electron chi connectivity index (χ0n) is 10.3. The molecule has 1 N–H and O–H groups in total. The van der Waals surface area contributed by atoms with Crippen molar-refractivity contribution in [1.82, 2.24) is 4.98 Å². The van der Waals surface area contributed by atoms with E-state index in [9.17, 15) is 4.79 Å². The van der Waals surface area contributed by atoms with Gasteiger partial charge in [-0.05, 0) is 26.0 Å². The van der Waals surface area contributed by atoms with Crippen molar-refractivity contribution in [3.05, 3.63) is 45.6 Å². The first kappa shape index (κ1) is 11.2. The number of hydrogen-bond acceptors (Lipinski definition) is 2. The smallest absolute Gasteiger partial charge is 0.152 e. The number of fused-ring (bicyclic) bond motifs is 1. The fourth-order valence-electron chi connectivity index (χ4n) is 2.38. The highest BCUT2D eigenvalue weighted by Crippen LogP contribution is 2.34. The fraction of sp³-hybridized carbons (Fsp3) is 0.133. The Balaban J connectivity index is 2.35. The summed E-state index contributed by atoms with van der Waals surface area (Å²) in [6.07, 6.45) is 0.945. The zero-order chi connectivity index (χ0) is 12.7. The molecule has 0 unspecified atom stereocenters. The molecule has 2 nitrogen and oxygen atoms in total. The summed E-state index contributed by atoms with van der Waals surface area (Å²) in [6.45, 7) is 4.18. The molecule has 0 aliphatic rings. The predicted octanol–water partition coefficient (Wildman–Crippen LogP) is 4.33. The Kier molecular flexibility index (Phi) is 2.56. The summed E-state index contributed by atoms with van der Waals surface area (Å²) in [5, 5.41) is 0.991. The molecule has 2 aromatic heterocycles. The number of aldehydes is 1. The number of benzene rings is 1. The number of H-pyrrole nitrogens is 1. The summed E-state index contributed by atoms with van der Waals surface area (Å²) >= 11 is 1.76. The second kappa shape index (κ2) is 4.10. The van der Waals surface area contributed by atoms with E-state index in [2.05, 4.69) is 24.9 Å². The van der Waals surface area contributed by atoms with Crippen LogP contribution >= 0.6 is 11.3 Å². The van der Waals surface area contributed by atoms with E-state index >= 15 is 0 Å². The van der Waals surface area contributed by atoms with Crippen molar-refractivity contribution < 1.29 is 4.79 Å². The van der Waals surface area contributed by atoms with Gasteiger partial charge in [0, 0.05) is 31.8 Å². The van der Waals surface area contributed by atoms with Gasteiger partial charge in [-0.15, -0.1) is 11.3 Å². The molecule has 18 heavy (non-hydrogen) atoms. The fourth-order valence-corrected chi connectivity index (χ4v) is 3.31. The van der Waals surface area contributed by atoms with Crippen LogP contribution in [0.4, 0.5) is 0 Å². The summed E-state index contributed by atoms with van der Waals surface area (Å²) in [7, 11) is 0. The largest absolute Gasteiger partial charge is 0.354 e. The van der Waals surface area contributed by atoms with Gasteiger partial charge < -0.3 is 4.98 Å². The molecule has 2 heterocycles. The van der Waals surface area contributed by atoms with Gasteiger partial charge in [0.25, 0.3) is 0 Å². The number of para-hydroxylation sites is 1. The lowest BCUT2D eigenvalue weighted by atomic mass is 10.1. The van der Waals surface area contributed by atoms with Gasteiger partial charge in [-0.1, -0.05) is 18.2 Å². The third kappa shape index (κ3) is 1.59. The predicted molar refractivity (Wildman–Crippen MR) is 76.5 cm³/mol. The Morgan fingerprint density at radius 3 is 2.67 bits per heavy atom. The number of thiophene rings is 1. The molecule has 0 radical (unpaired) electrons. The van der Waals surface area contributed by atoms with Crippen molar-refractivity contribution in [3.8, 4) is 11.3 Å². The second-order valence-corrected chi connectivity index (χ2v) is 5.86. The van der Waals surface area contributed by atoms with Crippen LogP contribution in [0.3, 0.4) is 0 Å². The topological polar surface area (TPSA) is 32.9 Å². The van der Waals surface area contributed by atoms with E-state index < -0.39 is 0 Å². The van der Waals surface area contributed by atoms with Gasteiger partial charge in [-0.25, -0.2) is 0 Å². The summed E-state index contributed by atoms with van der Waals surface area (Å²) in [5.74, 6) is 0. The number of carbonyl (C=O) groups is 1. The molecule has 3 heteroatoms. The van der Waals surface area contributed by atoms with E-state index in [0.717, 1.165) is 34.0 Å². The molecule has 0 saturated carbocycles. The van der Waals surface area contributed by atoms with E-state index in [1.54, 1.807) is 11.3 Å². The molecule has 1 aromatic carbocycles. The highest BCUT2D eigenvalue weighted by atomic mass is 32.1. The summed E-state index contributed by atoms with van der Waals surface area (Å²) in [5.41, 5.74) is 3.84. The van der Waals surface area contributed by atoms with Crippen molar-refractivity contribution >= 4 is 28.5 Å². The van der Waals surface area contributed by atoms with Gasteiger partial charge in [0.15, 0.2) is 6.29 Å². The van der Waals surface area contributed by atoms with E-state index in [1.807, 2.05) is 24.3 Å². The van der Waals surface area contributed by atoms with Crippen LogP contribution in [0, 0.1) is 13.8 Å². The Hall–Kier alpha value is -1.87. The number of nitrogens with one attached hydrogen (secondary N) is 1. The average molecular weight is 255 g/mol. The van der Waals surface area contributed by atoms with Crippen LogP contribution in [0.2, 0.25) is 0 Å². The minimum atomic E-state index is 0.756. The standard InChI is InChI=1S/C15H13NOS/c1-9-7-12(10(2)18-9)15-13(8-17)11-5-3-4-6-14(11)16-15/h3-8,16H,1-2H3. The number of rotatable bonds is 2. The molecular weight excluding hydrogens is 242 g/mol. The molecule has 0 aliphatic carbocycles. The molecule has 3 rings (SSSR count). The van der Waals surface area contributed by atoms with Gasteiger partial charge in [0.2, 0.25) is 0 Å². The van der Waals surface area contributed by atoms with E-state index in [0.29, 0.717) is 0 Å². The third-order valence-electron chi connectivity index (χ3n) is 3.17. The van der Waals surface area contributed by atoms with Crippen LogP contribution in [-0.2, 0) is 0 Å². The summed E-state index contributed by atoms with van der Waals surface area (Å²) in [4.78, 5) is 17.2. The minimum Gasteiger partial charge on any atom is -0.354 e. The van der Waals surface area contributed by atoms with Crippen molar-refractivity contribution in [2.24, 2.45) is 0 Å². The Labute approximate surface area is 109 Å². The molecule has 0 atom stereocenters. The molecule has 0 saturated heterocycles. The molecular formula is C15H13NOS. The molecule has 90 valence electrons. The van der Waals surface area contributed by atoms with Gasteiger partial charge >= 0.3 is 0 Å². The molecule has 0 fully saturated rings. The molecule has 0 spiro atoms. The van der Waals surface area contributed by atoms with Gasteiger partial charge in [-0.3, -0.25) is 4.79 Å². The van der Waals surface area contributed by atoms with Crippen LogP contribution < -0.4 is 0 Å². The normalized spacial score (nSPS) is 11.0. The maximum Gasteiger partial charge on any atom is 0.152 e. The number of carbonyl (C=O) groups excluding carboxylic acids is 1. The zero-order valence-corrected chi connectivity index (χ0v) is 11.1. The molecule has 0 amide bonds. The van der Waals surface area contributed by atoms with Crippen LogP contribution in [0.5, 0.6) is 0 Å². The number of aromatic amines is 1. The summed E-state index contributed by atoms with van der Waals surface area (Å²) in [6, 6.07) is 10.0. The maximum atomic E-state index is 11.4. The maximum absolute atomic E-state index is 11.4. The molecule has 3 aromatic rings. The average Bonchev–Trinajstić information content (AvgIpc) is 2.88. The second-order valence-electron chi connectivity index (χ2n) is 4.40. The van der Waals surface area contributed by atoms with Gasteiger partial charge in [-0.2, -0.15) is 0 Å². The van der Waals surface area contributed by atoms with Crippen molar-refractivity contribution in [1.29, 1.82) is 0 Å². The SMILES string of the molecule is Cc1cc(-c2[nH]c3ccccc3c2C=O)c(C)s1. The number of hydrogen-bond donors (Lipinski definition) is 1. The first-order valence-corrected chi connectivity index (χ1v) is 6.65. The van der Waals surface area contributed by atoms with Crippen molar-refractivity contribution in [2.45, 2.75) is 13.8 Å².